The number of allylic oxidation sites excluding steroid dienone is 4. The fourth-order valence-electron chi connectivity index (χ4n) is 1.96. The molecule has 6 nitrogen and oxygen atoms in total. The van der Waals surface area contributed by atoms with Crippen molar-refractivity contribution in [2.75, 3.05) is 7.11 Å². The first kappa shape index (κ1) is 16.0. The molecule has 0 saturated carbocycles. The first-order chi connectivity index (χ1) is 10.3. The molecule has 2 rings (SSSR count). The van der Waals surface area contributed by atoms with E-state index in [4.69, 9.17) is 4.74 Å². The first-order valence-electron chi connectivity index (χ1n) is 6.28. The topological polar surface area (TPSA) is 101 Å². The molecular weight excluding hydrogens is 308 g/mol. The fraction of sp³-hybridized carbons (Fsp3) is 0.133. The van der Waals surface area contributed by atoms with Crippen molar-refractivity contribution in [3.05, 3.63) is 70.0 Å². The molecule has 0 aliphatic heterocycles. The molecule has 1 aliphatic carbocycles. The fourth-order valence-corrected chi connectivity index (χ4v) is 2.55. The lowest BCUT2D eigenvalue weighted by atomic mass is 10.0. The summed E-state index contributed by atoms with van der Waals surface area (Å²) in [6, 6.07) is 8.09. The maximum Gasteiger partial charge on any atom is 0.291 e. The van der Waals surface area contributed by atoms with Gasteiger partial charge in [0.2, 0.25) is 0 Å². The average Bonchev–Trinajstić information content (AvgIpc) is 2.66. The Kier molecular flexibility index (Phi) is 4.48. The van der Waals surface area contributed by atoms with Gasteiger partial charge in [0.15, 0.2) is 5.78 Å². The van der Waals surface area contributed by atoms with E-state index in [-0.39, 0.29) is 23.3 Å². The lowest BCUT2D eigenvalue weighted by Gasteiger charge is -2.05. The minimum Gasteiger partial charge on any atom is -0.507 e. The van der Waals surface area contributed by atoms with Gasteiger partial charge in [-0.2, -0.15) is 8.42 Å². The standard InChI is InChI=1S/C15H14O6S/c1-21-11-7-12(22(18,19)20)9-13(14(16)8-11)15(17)10-5-3-2-4-6-10/h2-6,8-9,16H,7H2,1H3,(H,18,19,20). The molecule has 22 heavy (non-hydrogen) atoms. The van der Waals surface area contributed by atoms with Crippen LogP contribution in [0.25, 0.3) is 0 Å². The highest BCUT2D eigenvalue weighted by Crippen LogP contribution is 2.26. The molecule has 0 spiro atoms. The Bertz CT molecular complexity index is 785. The lowest BCUT2D eigenvalue weighted by molar-refractivity contribution is 0.103. The van der Waals surface area contributed by atoms with Gasteiger partial charge < -0.3 is 9.84 Å². The Labute approximate surface area is 127 Å². The third-order valence-corrected chi connectivity index (χ3v) is 4.03. The second-order valence-corrected chi connectivity index (χ2v) is 6.05. The summed E-state index contributed by atoms with van der Waals surface area (Å²) in [4.78, 5) is 12.0. The van der Waals surface area contributed by atoms with Gasteiger partial charge in [-0.25, -0.2) is 0 Å². The average molecular weight is 322 g/mol. The van der Waals surface area contributed by atoms with Crippen LogP contribution in [0.4, 0.5) is 0 Å². The van der Waals surface area contributed by atoms with Crippen LogP contribution < -0.4 is 0 Å². The summed E-state index contributed by atoms with van der Waals surface area (Å²) < 4.78 is 37.0. The number of ketones is 1. The maximum atomic E-state index is 12.4. The highest BCUT2D eigenvalue weighted by atomic mass is 32.2. The third kappa shape index (κ3) is 3.44. The van der Waals surface area contributed by atoms with Gasteiger partial charge in [-0.05, 0) is 6.08 Å². The van der Waals surface area contributed by atoms with E-state index in [9.17, 15) is 22.9 Å². The Hall–Kier alpha value is -2.38. The minimum atomic E-state index is -4.52. The number of hydrogen-bond donors (Lipinski definition) is 2. The number of Topliss-reactive ketones (excluding diaryl/α,β-unsaturated/α-hetero) is 1. The number of aliphatic hydroxyl groups is 1. The minimum absolute atomic E-state index is 0.109. The van der Waals surface area contributed by atoms with Gasteiger partial charge in [-0.3, -0.25) is 9.35 Å². The van der Waals surface area contributed by atoms with Crippen LogP contribution in [0.2, 0.25) is 0 Å². The van der Waals surface area contributed by atoms with E-state index in [1.807, 2.05) is 0 Å². The van der Waals surface area contributed by atoms with Crippen LogP contribution in [0.5, 0.6) is 0 Å². The molecule has 0 unspecified atom stereocenters. The van der Waals surface area contributed by atoms with E-state index >= 15 is 0 Å². The largest absolute Gasteiger partial charge is 0.507 e. The van der Waals surface area contributed by atoms with E-state index in [2.05, 4.69) is 0 Å². The third-order valence-electron chi connectivity index (χ3n) is 3.10. The number of hydrogen-bond acceptors (Lipinski definition) is 5. The number of carbonyl (C=O) groups is 1. The number of rotatable bonds is 4. The molecule has 2 N–H and O–H groups in total. The van der Waals surface area contributed by atoms with Crippen molar-refractivity contribution in [2.45, 2.75) is 6.42 Å². The Morgan fingerprint density at radius 3 is 2.36 bits per heavy atom. The van der Waals surface area contributed by atoms with Crippen LogP contribution >= 0.6 is 0 Å². The molecule has 1 aliphatic rings. The predicted molar refractivity (Wildman–Crippen MR) is 79.8 cm³/mol. The van der Waals surface area contributed by atoms with Crippen molar-refractivity contribution in [3.8, 4) is 0 Å². The van der Waals surface area contributed by atoms with Crippen molar-refractivity contribution in [1.82, 2.24) is 0 Å². The van der Waals surface area contributed by atoms with E-state index in [1.54, 1.807) is 18.2 Å². The summed E-state index contributed by atoms with van der Waals surface area (Å²) >= 11 is 0. The summed E-state index contributed by atoms with van der Waals surface area (Å²) in [6.07, 6.45) is 1.86. The van der Waals surface area contributed by atoms with Crippen LogP contribution in [-0.4, -0.2) is 31.0 Å². The number of carbonyl (C=O) groups excluding carboxylic acids is 1. The van der Waals surface area contributed by atoms with Gasteiger partial charge in [0.05, 0.1) is 17.6 Å². The zero-order valence-corrected chi connectivity index (χ0v) is 12.5. The van der Waals surface area contributed by atoms with E-state index in [0.717, 1.165) is 12.2 Å². The van der Waals surface area contributed by atoms with Gasteiger partial charge >= 0.3 is 0 Å². The highest BCUT2D eigenvalue weighted by Gasteiger charge is 2.24. The van der Waals surface area contributed by atoms with Crippen molar-refractivity contribution in [1.29, 1.82) is 0 Å². The Balaban J connectivity index is 2.59. The molecule has 1 aromatic rings. The Morgan fingerprint density at radius 1 is 1.18 bits per heavy atom. The molecule has 7 heteroatoms. The number of ether oxygens (including phenoxy) is 1. The number of benzene rings is 1. The number of aliphatic hydroxyl groups excluding tert-OH is 1. The van der Waals surface area contributed by atoms with Crippen LogP contribution in [0.1, 0.15) is 16.8 Å². The van der Waals surface area contributed by atoms with E-state index in [0.29, 0.717) is 0 Å². The quantitative estimate of drug-likeness (QED) is 0.652. The molecule has 0 bridgehead atoms. The van der Waals surface area contributed by atoms with Gasteiger partial charge in [0.25, 0.3) is 10.1 Å². The van der Waals surface area contributed by atoms with Crippen molar-refractivity contribution >= 4 is 15.9 Å². The molecule has 0 amide bonds. The molecule has 0 radical (unpaired) electrons. The first-order valence-corrected chi connectivity index (χ1v) is 7.72. The van der Waals surface area contributed by atoms with Crippen molar-refractivity contribution in [3.63, 3.8) is 0 Å². The van der Waals surface area contributed by atoms with Gasteiger partial charge in [0.1, 0.15) is 11.5 Å². The molecule has 0 fully saturated rings. The zero-order chi connectivity index (χ0) is 16.3. The predicted octanol–water partition coefficient (Wildman–Crippen LogP) is 2.39. The van der Waals surface area contributed by atoms with Gasteiger partial charge in [-0.15, -0.1) is 0 Å². The van der Waals surface area contributed by atoms with Crippen LogP contribution in [-0.2, 0) is 14.9 Å². The molecule has 0 heterocycles. The zero-order valence-electron chi connectivity index (χ0n) is 11.7. The van der Waals surface area contributed by atoms with Crippen molar-refractivity contribution in [2.24, 2.45) is 0 Å². The molecule has 1 aromatic carbocycles. The summed E-state index contributed by atoms with van der Waals surface area (Å²) in [5.74, 6) is -0.880. The summed E-state index contributed by atoms with van der Waals surface area (Å²) in [7, 11) is -3.23. The normalized spacial score (nSPS) is 15.7. The molecule has 0 atom stereocenters. The molecule has 0 aromatic heterocycles. The van der Waals surface area contributed by atoms with Crippen LogP contribution in [0, 0.1) is 0 Å². The summed E-state index contributed by atoms with van der Waals surface area (Å²) in [6.45, 7) is 0. The maximum absolute atomic E-state index is 12.4. The van der Waals surface area contributed by atoms with E-state index in [1.165, 1.54) is 19.2 Å². The summed E-state index contributed by atoms with van der Waals surface area (Å²) in [5, 5.41) is 10.0. The second kappa shape index (κ2) is 6.17. The van der Waals surface area contributed by atoms with Crippen molar-refractivity contribution < 1.29 is 27.6 Å². The lowest BCUT2D eigenvalue weighted by Crippen LogP contribution is -2.07. The second-order valence-electron chi connectivity index (χ2n) is 4.57. The monoisotopic (exact) mass is 322 g/mol. The summed E-state index contributed by atoms with van der Waals surface area (Å²) in [5.41, 5.74) is 0.0510. The highest BCUT2D eigenvalue weighted by molar-refractivity contribution is 7.89. The smallest absolute Gasteiger partial charge is 0.291 e. The van der Waals surface area contributed by atoms with E-state index < -0.39 is 26.6 Å². The molecular formula is C15H14O6S. The van der Waals surface area contributed by atoms with Gasteiger partial charge in [0, 0.05) is 18.1 Å². The van der Waals surface area contributed by atoms with Gasteiger partial charge in [-0.1, -0.05) is 30.3 Å². The van der Waals surface area contributed by atoms with Crippen LogP contribution in [0.15, 0.2) is 64.5 Å². The number of methoxy groups -OCH3 is 1. The van der Waals surface area contributed by atoms with Crippen LogP contribution in [0.3, 0.4) is 0 Å². The molecule has 116 valence electrons. The molecule has 0 saturated heterocycles. The Morgan fingerprint density at radius 2 is 1.82 bits per heavy atom. The SMILES string of the molecule is COC1=CC(O)=C(C(=O)c2ccccc2)C=C(S(=O)(=O)O)C1.